The lowest BCUT2D eigenvalue weighted by molar-refractivity contribution is -0.121. The number of morpholine rings is 1. The summed E-state index contributed by atoms with van der Waals surface area (Å²) in [4.78, 5) is 14.5. The van der Waals surface area contributed by atoms with E-state index >= 15 is 0 Å². The Balaban J connectivity index is 1.22. The number of carbonyl (C=O) groups is 1. The van der Waals surface area contributed by atoms with Gasteiger partial charge in [-0.15, -0.1) is 5.10 Å². The molecule has 0 unspecified atom stereocenters. The van der Waals surface area contributed by atoms with Crippen LogP contribution in [-0.4, -0.2) is 73.6 Å². The zero-order valence-electron chi connectivity index (χ0n) is 15.7. The molecule has 0 atom stereocenters. The molecule has 0 bridgehead atoms. The van der Waals surface area contributed by atoms with Crippen molar-refractivity contribution in [2.75, 3.05) is 32.8 Å². The van der Waals surface area contributed by atoms with Gasteiger partial charge in [-0.2, -0.15) is 5.10 Å². The second-order valence-electron chi connectivity index (χ2n) is 6.77. The maximum absolute atomic E-state index is 12.2. The summed E-state index contributed by atoms with van der Waals surface area (Å²) in [7, 11) is 0. The molecule has 0 aliphatic carbocycles. The first-order valence-electron chi connectivity index (χ1n) is 9.52. The van der Waals surface area contributed by atoms with Crippen LogP contribution in [0.3, 0.4) is 0 Å². The Hall–Kier alpha value is -2.85. The summed E-state index contributed by atoms with van der Waals surface area (Å²) >= 11 is 0. The summed E-state index contributed by atoms with van der Waals surface area (Å²) in [5, 5.41) is 20.2. The van der Waals surface area contributed by atoms with Crippen molar-refractivity contribution in [3.8, 4) is 0 Å². The normalized spacial score (nSPS) is 15.1. The molecule has 1 aliphatic heterocycles. The molecule has 0 saturated carbocycles. The predicted octanol–water partition coefficient (Wildman–Crippen LogP) is 0.0615. The van der Waals surface area contributed by atoms with E-state index in [9.17, 15) is 4.79 Å². The highest BCUT2D eigenvalue weighted by atomic mass is 16.5. The van der Waals surface area contributed by atoms with E-state index in [0.29, 0.717) is 32.1 Å². The van der Waals surface area contributed by atoms with Crippen LogP contribution in [0.4, 0.5) is 0 Å². The number of fused-ring (bicyclic) bond motifs is 1. The third kappa shape index (κ3) is 4.52. The first-order chi connectivity index (χ1) is 13.8. The topological polar surface area (TPSA) is 103 Å². The molecule has 0 radical (unpaired) electrons. The highest BCUT2D eigenvalue weighted by Gasteiger charge is 2.16. The third-order valence-electron chi connectivity index (χ3n) is 4.79. The molecule has 3 aromatic rings. The van der Waals surface area contributed by atoms with Crippen molar-refractivity contribution < 1.29 is 9.53 Å². The lowest BCUT2D eigenvalue weighted by Crippen LogP contribution is -2.37. The molecular weight excluding hydrogens is 360 g/mol. The fraction of sp³-hybridized carbons (Fsp3) is 0.500. The van der Waals surface area contributed by atoms with Crippen LogP contribution in [0, 0.1) is 0 Å². The number of nitrogens with zero attached hydrogens (tertiary/aromatic N) is 7. The van der Waals surface area contributed by atoms with Gasteiger partial charge in [-0.1, -0.05) is 18.2 Å². The number of hydrogen-bond donors (Lipinski definition) is 1. The molecule has 1 aliphatic rings. The van der Waals surface area contributed by atoms with Crippen LogP contribution in [0.15, 0.2) is 30.5 Å². The van der Waals surface area contributed by atoms with E-state index in [0.717, 1.165) is 37.0 Å². The summed E-state index contributed by atoms with van der Waals surface area (Å²) in [5.41, 5.74) is 1.11. The molecule has 0 spiro atoms. The fourth-order valence-corrected chi connectivity index (χ4v) is 3.27. The van der Waals surface area contributed by atoms with Gasteiger partial charge in [0.2, 0.25) is 5.91 Å². The average molecular weight is 384 g/mol. The molecule has 10 nitrogen and oxygen atoms in total. The number of aromatic nitrogens is 6. The Labute approximate surface area is 162 Å². The summed E-state index contributed by atoms with van der Waals surface area (Å²) < 4.78 is 8.87. The Bertz CT molecular complexity index is 915. The van der Waals surface area contributed by atoms with Crippen LogP contribution >= 0.6 is 0 Å². The molecule has 1 fully saturated rings. The highest BCUT2D eigenvalue weighted by Crippen LogP contribution is 2.12. The van der Waals surface area contributed by atoms with E-state index < -0.39 is 0 Å². The standard InChI is InChI=1S/C18H24N8O2/c27-18(14-26-17(21-22-23-26)13-24-8-10-28-11-9-24)19-6-3-7-25-16-5-2-1-4-15(16)12-20-25/h1-2,4-5,12H,3,6-11,13-14H2,(H,19,27). The second-order valence-corrected chi connectivity index (χ2v) is 6.77. The molecule has 3 heterocycles. The van der Waals surface area contributed by atoms with Crippen molar-refractivity contribution in [3.05, 3.63) is 36.3 Å². The van der Waals surface area contributed by atoms with Gasteiger partial charge in [0, 0.05) is 31.6 Å². The number of tetrazole rings is 1. The van der Waals surface area contributed by atoms with Crippen LogP contribution < -0.4 is 5.32 Å². The van der Waals surface area contributed by atoms with Crippen molar-refractivity contribution in [1.82, 2.24) is 40.2 Å². The van der Waals surface area contributed by atoms with Gasteiger partial charge in [0.25, 0.3) is 0 Å². The number of amides is 1. The van der Waals surface area contributed by atoms with E-state index in [2.05, 4.69) is 36.9 Å². The van der Waals surface area contributed by atoms with Gasteiger partial charge in [0.1, 0.15) is 6.54 Å². The molecule has 28 heavy (non-hydrogen) atoms. The van der Waals surface area contributed by atoms with E-state index in [1.807, 2.05) is 29.1 Å². The fourth-order valence-electron chi connectivity index (χ4n) is 3.27. The van der Waals surface area contributed by atoms with Gasteiger partial charge in [0.15, 0.2) is 5.82 Å². The summed E-state index contributed by atoms with van der Waals surface area (Å²) in [6.07, 6.45) is 2.66. The number of hydrogen-bond acceptors (Lipinski definition) is 7. The molecule has 1 N–H and O–H groups in total. The molecule has 2 aromatic heterocycles. The zero-order chi connectivity index (χ0) is 19.2. The summed E-state index contributed by atoms with van der Waals surface area (Å²) in [6.45, 7) is 5.20. The second kappa shape index (κ2) is 8.89. The third-order valence-corrected chi connectivity index (χ3v) is 4.79. The SMILES string of the molecule is O=C(Cn1nnnc1CN1CCOCC1)NCCCn1ncc2ccccc21. The number of rotatable bonds is 8. The summed E-state index contributed by atoms with van der Waals surface area (Å²) in [5.74, 6) is 0.598. The highest BCUT2D eigenvalue weighted by molar-refractivity contribution is 5.78. The number of benzene rings is 1. The Kier molecular flexibility index (Phi) is 5.88. The van der Waals surface area contributed by atoms with E-state index in [1.54, 1.807) is 4.68 Å². The van der Waals surface area contributed by atoms with Gasteiger partial charge in [-0.3, -0.25) is 14.4 Å². The van der Waals surface area contributed by atoms with Crippen molar-refractivity contribution in [2.45, 2.75) is 26.1 Å². The largest absolute Gasteiger partial charge is 0.379 e. The Morgan fingerprint density at radius 1 is 1.18 bits per heavy atom. The number of carbonyl (C=O) groups excluding carboxylic acids is 1. The Morgan fingerprint density at radius 2 is 2.04 bits per heavy atom. The molecule has 10 heteroatoms. The van der Waals surface area contributed by atoms with Crippen molar-refractivity contribution in [2.24, 2.45) is 0 Å². The van der Waals surface area contributed by atoms with Crippen molar-refractivity contribution in [1.29, 1.82) is 0 Å². The molecule has 4 rings (SSSR count). The van der Waals surface area contributed by atoms with Gasteiger partial charge >= 0.3 is 0 Å². The van der Waals surface area contributed by atoms with Crippen LogP contribution in [0.5, 0.6) is 0 Å². The van der Waals surface area contributed by atoms with E-state index in [4.69, 9.17) is 4.74 Å². The van der Waals surface area contributed by atoms with Crippen molar-refractivity contribution >= 4 is 16.8 Å². The lowest BCUT2D eigenvalue weighted by atomic mass is 10.2. The molecular formula is C18H24N8O2. The number of ether oxygens (including phenoxy) is 1. The molecule has 1 aromatic carbocycles. The number of nitrogens with one attached hydrogen (secondary N) is 1. The smallest absolute Gasteiger partial charge is 0.241 e. The lowest BCUT2D eigenvalue weighted by Gasteiger charge is -2.25. The maximum Gasteiger partial charge on any atom is 0.241 e. The Morgan fingerprint density at radius 3 is 2.93 bits per heavy atom. The van der Waals surface area contributed by atoms with Crippen LogP contribution in [0.1, 0.15) is 12.2 Å². The van der Waals surface area contributed by atoms with Crippen molar-refractivity contribution in [3.63, 3.8) is 0 Å². The van der Waals surface area contributed by atoms with E-state index in [-0.39, 0.29) is 12.5 Å². The first kappa shape index (κ1) is 18.5. The van der Waals surface area contributed by atoms with Crippen LogP contribution in [-0.2, 0) is 29.2 Å². The maximum atomic E-state index is 12.2. The van der Waals surface area contributed by atoms with Gasteiger partial charge < -0.3 is 10.1 Å². The quantitative estimate of drug-likeness (QED) is 0.548. The molecule has 148 valence electrons. The van der Waals surface area contributed by atoms with E-state index in [1.165, 1.54) is 0 Å². The zero-order valence-corrected chi connectivity index (χ0v) is 15.7. The molecule has 1 saturated heterocycles. The number of para-hydroxylation sites is 1. The predicted molar refractivity (Wildman–Crippen MR) is 101 cm³/mol. The van der Waals surface area contributed by atoms with Crippen LogP contribution in [0.25, 0.3) is 10.9 Å². The minimum Gasteiger partial charge on any atom is -0.379 e. The summed E-state index contributed by atoms with van der Waals surface area (Å²) in [6, 6.07) is 8.10. The molecule has 1 amide bonds. The average Bonchev–Trinajstić information content (AvgIpc) is 3.33. The van der Waals surface area contributed by atoms with Gasteiger partial charge in [-0.05, 0) is 22.9 Å². The van der Waals surface area contributed by atoms with Crippen LogP contribution in [0.2, 0.25) is 0 Å². The van der Waals surface area contributed by atoms with Gasteiger partial charge in [-0.25, -0.2) is 4.68 Å². The minimum atomic E-state index is -0.0964. The van der Waals surface area contributed by atoms with Gasteiger partial charge in [0.05, 0.1) is 31.5 Å². The minimum absolute atomic E-state index is 0.0964. The monoisotopic (exact) mass is 384 g/mol. The number of aryl methyl sites for hydroxylation is 1. The first-order valence-corrected chi connectivity index (χ1v) is 9.52.